The Kier molecular flexibility index (Phi) is 4.72. The number of amides is 1. The first-order valence-electron chi connectivity index (χ1n) is 6.58. The molecule has 1 aromatic rings. The van der Waals surface area contributed by atoms with E-state index in [0.29, 0.717) is 12.0 Å². The van der Waals surface area contributed by atoms with Crippen LogP contribution in [-0.4, -0.2) is 41.5 Å². The zero-order valence-corrected chi connectivity index (χ0v) is 11.9. The average molecular weight is 267 g/mol. The van der Waals surface area contributed by atoms with E-state index in [2.05, 4.69) is 24.1 Å². The number of nitrogens with zero attached hydrogens (tertiary/aromatic N) is 2. The lowest BCUT2D eigenvalue weighted by atomic mass is 9.97. The van der Waals surface area contributed by atoms with E-state index in [1.807, 2.05) is 4.90 Å². The zero-order valence-electron chi connectivity index (χ0n) is 11.1. The number of aromatic nitrogens is 1. The van der Waals surface area contributed by atoms with Crippen LogP contribution in [0.25, 0.3) is 0 Å². The normalized spacial score (nSPS) is 20.4. The van der Waals surface area contributed by atoms with Gasteiger partial charge in [-0.05, 0) is 25.3 Å². The average Bonchev–Trinajstić information content (AvgIpc) is 2.89. The van der Waals surface area contributed by atoms with Crippen LogP contribution in [0.15, 0.2) is 11.7 Å². The Labute approximate surface area is 112 Å². The number of carbonyl (C=O) groups is 1. The van der Waals surface area contributed by atoms with Gasteiger partial charge < -0.3 is 10.2 Å². The van der Waals surface area contributed by atoms with Gasteiger partial charge in [-0.15, -0.1) is 11.3 Å². The lowest BCUT2D eigenvalue weighted by molar-refractivity contribution is 0.0677. The molecule has 2 rings (SSSR count). The first kappa shape index (κ1) is 13.5. The molecule has 1 aromatic heterocycles. The molecule has 0 radical (unpaired) electrons. The summed E-state index contributed by atoms with van der Waals surface area (Å²) in [7, 11) is 0. The molecule has 1 atom stereocenters. The second-order valence-electron chi connectivity index (χ2n) is 5.19. The van der Waals surface area contributed by atoms with Gasteiger partial charge in [0, 0.05) is 19.1 Å². The highest BCUT2D eigenvalue weighted by Gasteiger charge is 2.25. The molecule has 18 heavy (non-hydrogen) atoms. The van der Waals surface area contributed by atoms with Crippen LogP contribution >= 0.6 is 11.3 Å². The summed E-state index contributed by atoms with van der Waals surface area (Å²) in [4.78, 5) is 18.9. The highest BCUT2D eigenvalue weighted by molar-refractivity contribution is 7.11. The van der Waals surface area contributed by atoms with Gasteiger partial charge >= 0.3 is 0 Å². The summed E-state index contributed by atoms with van der Waals surface area (Å²) in [6, 6.07) is 0.512. The largest absolute Gasteiger partial charge is 0.338 e. The molecule has 100 valence electrons. The van der Waals surface area contributed by atoms with E-state index in [1.54, 1.807) is 11.7 Å². The Hall–Kier alpha value is -0.940. The maximum absolute atomic E-state index is 12.2. The lowest BCUT2D eigenvalue weighted by Crippen LogP contribution is -2.43. The predicted octanol–water partition coefficient (Wildman–Crippen LogP) is 1.99. The highest BCUT2D eigenvalue weighted by atomic mass is 32.1. The van der Waals surface area contributed by atoms with Crippen LogP contribution in [0.4, 0.5) is 0 Å². The van der Waals surface area contributed by atoms with Crippen LogP contribution in [0.2, 0.25) is 0 Å². The molecule has 1 amide bonds. The minimum atomic E-state index is 0.145. The number of hydrogen-bond donors (Lipinski definition) is 1. The van der Waals surface area contributed by atoms with Crippen LogP contribution in [0.5, 0.6) is 0 Å². The van der Waals surface area contributed by atoms with Gasteiger partial charge in [0.15, 0.2) is 0 Å². The third-order valence-corrected chi connectivity index (χ3v) is 4.03. The van der Waals surface area contributed by atoms with Gasteiger partial charge in [0.25, 0.3) is 5.91 Å². The topological polar surface area (TPSA) is 45.2 Å². The van der Waals surface area contributed by atoms with Crippen molar-refractivity contribution in [1.29, 1.82) is 0 Å². The smallest absolute Gasteiger partial charge is 0.265 e. The van der Waals surface area contributed by atoms with Crippen LogP contribution < -0.4 is 5.32 Å². The zero-order chi connectivity index (χ0) is 13.0. The number of hydrogen-bond acceptors (Lipinski definition) is 4. The van der Waals surface area contributed by atoms with Crippen molar-refractivity contribution >= 4 is 17.2 Å². The first-order chi connectivity index (χ1) is 8.66. The maximum Gasteiger partial charge on any atom is 0.265 e. The van der Waals surface area contributed by atoms with Crippen LogP contribution in [0.1, 0.15) is 36.4 Å². The van der Waals surface area contributed by atoms with E-state index in [-0.39, 0.29) is 5.91 Å². The third kappa shape index (κ3) is 3.53. The molecule has 0 aromatic carbocycles. The summed E-state index contributed by atoms with van der Waals surface area (Å²) in [5.41, 5.74) is 1.72. The van der Waals surface area contributed by atoms with E-state index in [9.17, 15) is 4.79 Å². The van der Waals surface area contributed by atoms with Crippen molar-refractivity contribution in [1.82, 2.24) is 15.2 Å². The number of carbonyl (C=O) groups excluding carboxylic acids is 1. The van der Waals surface area contributed by atoms with Crippen LogP contribution in [0.3, 0.4) is 0 Å². The second kappa shape index (κ2) is 6.29. The van der Waals surface area contributed by atoms with Crippen molar-refractivity contribution in [2.24, 2.45) is 5.92 Å². The van der Waals surface area contributed by atoms with Crippen molar-refractivity contribution in [3.05, 3.63) is 16.6 Å². The number of nitrogens with one attached hydrogen (secondary N) is 1. The lowest BCUT2D eigenvalue weighted by Gasteiger charge is -2.33. The van der Waals surface area contributed by atoms with Crippen molar-refractivity contribution < 1.29 is 4.79 Å². The molecule has 0 spiro atoms. The molecule has 0 saturated carbocycles. The SMILES string of the molecule is CC(C)NCC1CCCN(C(=O)c2cncs2)C1. The van der Waals surface area contributed by atoms with E-state index >= 15 is 0 Å². The van der Waals surface area contributed by atoms with Crippen molar-refractivity contribution in [3.63, 3.8) is 0 Å². The third-order valence-electron chi connectivity index (χ3n) is 3.26. The number of piperidine rings is 1. The summed E-state index contributed by atoms with van der Waals surface area (Å²) >= 11 is 1.43. The molecule has 1 aliphatic heterocycles. The monoisotopic (exact) mass is 267 g/mol. The molecule has 1 saturated heterocycles. The van der Waals surface area contributed by atoms with Crippen molar-refractivity contribution in [2.45, 2.75) is 32.7 Å². The maximum atomic E-state index is 12.2. The van der Waals surface area contributed by atoms with Gasteiger partial charge in [-0.2, -0.15) is 0 Å². The predicted molar refractivity (Wildman–Crippen MR) is 73.9 cm³/mol. The van der Waals surface area contributed by atoms with Gasteiger partial charge in [-0.25, -0.2) is 0 Å². The molecule has 1 unspecified atom stereocenters. The Morgan fingerprint density at radius 2 is 2.50 bits per heavy atom. The van der Waals surface area contributed by atoms with Crippen molar-refractivity contribution in [2.75, 3.05) is 19.6 Å². The van der Waals surface area contributed by atoms with Gasteiger partial charge in [0.05, 0.1) is 11.7 Å². The number of likely N-dealkylation sites (tertiary alicyclic amines) is 1. The Morgan fingerprint density at radius 1 is 1.67 bits per heavy atom. The van der Waals surface area contributed by atoms with Crippen LogP contribution in [0, 0.1) is 5.92 Å². The summed E-state index contributed by atoms with van der Waals surface area (Å²) in [6.07, 6.45) is 3.99. The van der Waals surface area contributed by atoms with Crippen molar-refractivity contribution in [3.8, 4) is 0 Å². The van der Waals surface area contributed by atoms with E-state index in [4.69, 9.17) is 0 Å². The molecular formula is C13H21N3OS. The molecule has 5 heteroatoms. The molecular weight excluding hydrogens is 246 g/mol. The van der Waals surface area contributed by atoms with Gasteiger partial charge in [0.1, 0.15) is 4.88 Å². The van der Waals surface area contributed by atoms with Gasteiger partial charge in [-0.3, -0.25) is 9.78 Å². The van der Waals surface area contributed by atoms with E-state index in [0.717, 1.165) is 30.9 Å². The van der Waals surface area contributed by atoms with E-state index in [1.165, 1.54) is 17.8 Å². The molecule has 1 aliphatic rings. The molecule has 4 nitrogen and oxygen atoms in total. The highest BCUT2D eigenvalue weighted by Crippen LogP contribution is 2.19. The quantitative estimate of drug-likeness (QED) is 0.907. The van der Waals surface area contributed by atoms with Crippen LogP contribution in [-0.2, 0) is 0 Å². The minimum absolute atomic E-state index is 0.145. The Bertz CT molecular complexity index is 378. The number of thiazole rings is 1. The summed E-state index contributed by atoms with van der Waals surface area (Å²) in [6.45, 7) is 7.07. The first-order valence-corrected chi connectivity index (χ1v) is 7.46. The Morgan fingerprint density at radius 3 is 3.17 bits per heavy atom. The fourth-order valence-corrected chi connectivity index (χ4v) is 2.88. The number of rotatable bonds is 4. The standard InChI is InChI=1S/C13H21N3OS/c1-10(2)15-6-11-4-3-5-16(8-11)13(17)12-7-14-9-18-12/h7,9-11,15H,3-6,8H2,1-2H3. The minimum Gasteiger partial charge on any atom is -0.338 e. The van der Waals surface area contributed by atoms with Gasteiger partial charge in [0.2, 0.25) is 0 Å². The molecule has 1 fully saturated rings. The summed E-state index contributed by atoms with van der Waals surface area (Å²) in [5, 5.41) is 3.46. The second-order valence-corrected chi connectivity index (χ2v) is 6.07. The van der Waals surface area contributed by atoms with Gasteiger partial charge in [-0.1, -0.05) is 13.8 Å². The summed E-state index contributed by atoms with van der Waals surface area (Å²) < 4.78 is 0. The summed E-state index contributed by atoms with van der Waals surface area (Å²) in [5.74, 6) is 0.727. The molecule has 1 N–H and O–H groups in total. The molecule has 0 aliphatic carbocycles. The molecule has 0 bridgehead atoms. The van der Waals surface area contributed by atoms with E-state index < -0.39 is 0 Å². The fraction of sp³-hybridized carbons (Fsp3) is 0.692. The molecule has 2 heterocycles. The fourth-order valence-electron chi connectivity index (χ4n) is 2.30. The Balaban J connectivity index is 1.88.